The van der Waals surface area contributed by atoms with Crippen molar-refractivity contribution < 1.29 is 14.6 Å². The van der Waals surface area contributed by atoms with E-state index in [1.165, 1.54) is 57.8 Å². The summed E-state index contributed by atoms with van der Waals surface area (Å²) in [6, 6.07) is 8.07. The first-order chi connectivity index (χ1) is 11.5. The fourth-order valence-corrected chi connectivity index (χ4v) is 2.92. The fraction of sp³-hybridized carbons (Fsp3) is 0.714. The molecular formula is C21H38NO2+. The minimum absolute atomic E-state index is 0.0428. The Hall–Kier alpha value is -1.06. The van der Waals surface area contributed by atoms with Gasteiger partial charge in [-0.15, -0.1) is 0 Å². The molecule has 0 atom stereocenters. The standard InChI is InChI=1S/C21H38NO2/c1-4-5-6-7-8-9-10-11-12-13-18-24-21-16-14-20(15-17-21)19-22(2,3)23/h14-17,23H,4-13,18-19H2,1-3H3/q+1. The van der Waals surface area contributed by atoms with Crippen molar-refractivity contribution >= 4 is 0 Å². The van der Waals surface area contributed by atoms with E-state index in [1.54, 1.807) is 14.1 Å². The highest BCUT2D eigenvalue weighted by molar-refractivity contribution is 5.26. The molecule has 0 spiro atoms. The van der Waals surface area contributed by atoms with Crippen molar-refractivity contribution in [1.82, 2.24) is 0 Å². The number of hydrogen-bond acceptors (Lipinski definition) is 2. The smallest absolute Gasteiger partial charge is 0.134 e. The average molecular weight is 337 g/mol. The molecule has 0 heterocycles. The van der Waals surface area contributed by atoms with E-state index < -0.39 is 0 Å². The van der Waals surface area contributed by atoms with E-state index in [9.17, 15) is 5.21 Å². The number of nitrogens with zero attached hydrogens (tertiary/aromatic N) is 1. The van der Waals surface area contributed by atoms with Gasteiger partial charge in [-0.3, -0.25) is 0 Å². The number of quaternary nitrogens is 1. The van der Waals surface area contributed by atoms with Crippen LogP contribution in [0.1, 0.15) is 76.7 Å². The molecule has 1 N–H and O–H groups in total. The molecule has 0 aliphatic heterocycles. The van der Waals surface area contributed by atoms with Crippen LogP contribution in [0.3, 0.4) is 0 Å². The van der Waals surface area contributed by atoms with Crippen molar-refractivity contribution in [2.45, 2.75) is 77.7 Å². The number of benzene rings is 1. The molecule has 1 aromatic rings. The number of hydroxylamine groups is 3. The number of unbranched alkanes of at least 4 members (excludes halogenated alkanes) is 9. The minimum atomic E-state index is -0.0428. The predicted molar refractivity (Wildman–Crippen MR) is 101 cm³/mol. The lowest BCUT2D eigenvalue weighted by molar-refractivity contribution is -1.08. The third-order valence-corrected chi connectivity index (χ3v) is 4.26. The van der Waals surface area contributed by atoms with Crippen LogP contribution in [0, 0.1) is 0 Å². The van der Waals surface area contributed by atoms with Crippen LogP contribution in [0.25, 0.3) is 0 Å². The predicted octanol–water partition coefficient (Wildman–Crippen LogP) is 5.95. The minimum Gasteiger partial charge on any atom is -0.494 e. The van der Waals surface area contributed by atoms with Gasteiger partial charge in [0.1, 0.15) is 12.3 Å². The van der Waals surface area contributed by atoms with E-state index in [2.05, 4.69) is 6.92 Å². The quantitative estimate of drug-likeness (QED) is 0.258. The van der Waals surface area contributed by atoms with E-state index in [0.717, 1.165) is 24.3 Å². The molecular weight excluding hydrogens is 298 g/mol. The third-order valence-electron chi connectivity index (χ3n) is 4.26. The fourth-order valence-electron chi connectivity index (χ4n) is 2.92. The number of hydrogen-bond donors (Lipinski definition) is 1. The van der Waals surface area contributed by atoms with Crippen molar-refractivity contribution in [3.05, 3.63) is 29.8 Å². The van der Waals surface area contributed by atoms with Gasteiger partial charge in [0.25, 0.3) is 0 Å². The Balaban J connectivity index is 1.99. The summed E-state index contributed by atoms with van der Waals surface area (Å²) in [6.45, 7) is 3.68. The normalized spacial score (nSPS) is 11.7. The second kappa shape index (κ2) is 12.3. The summed E-state index contributed by atoms with van der Waals surface area (Å²) in [7, 11) is 3.55. The van der Waals surface area contributed by atoms with Gasteiger partial charge >= 0.3 is 0 Å². The monoisotopic (exact) mass is 336 g/mol. The SMILES string of the molecule is CCCCCCCCCCCCOc1ccc(C[N+](C)(C)O)cc1. The maximum atomic E-state index is 9.76. The summed E-state index contributed by atoms with van der Waals surface area (Å²) in [5.74, 6) is 0.929. The highest BCUT2D eigenvalue weighted by atomic mass is 16.5. The van der Waals surface area contributed by atoms with Crippen LogP contribution < -0.4 is 4.74 Å². The summed E-state index contributed by atoms with van der Waals surface area (Å²) >= 11 is 0. The first-order valence-electron chi connectivity index (χ1n) is 9.79. The van der Waals surface area contributed by atoms with Gasteiger partial charge in [-0.05, 0) is 30.7 Å². The first kappa shape index (κ1) is 21.0. The molecule has 1 rings (SSSR count). The van der Waals surface area contributed by atoms with E-state index in [-0.39, 0.29) is 4.65 Å². The summed E-state index contributed by atoms with van der Waals surface area (Å²) in [4.78, 5) is 0. The molecule has 138 valence electrons. The Morgan fingerprint density at radius 2 is 1.29 bits per heavy atom. The largest absolute Gasteiger partial charge is 0.494 e. The van der Waals surface area contributed by atoms with Crippen LogP contribution in [0.5, 0.6) is 5.75 Å². The molecule has 1 aromatic carbocycles. The zero-order chi connectivity index (χ0) is 17.7. The van der Waals surface area contributed by atoms with E-state index in [4.69, 9.17) is 4.74 Å². The summed E-state index contributed by atoms with van der Waals surface area (Å²) < 4.78 is 5.75. The molecule has 0 aliphatic rings. The summed E-state index contributed by atoms with van der Waals surface area (Å²) in [5.41, 5.74) is 1.12. The van der Waals surface area contributed by atoms with E-state index >= 15 is 0 Å². The van der Waals surface area contributed by atoms with E-state index in [0.29, 0.717) is 6.54 Å². The molecule has 0 saturated carbocycles. The molecule has 0 radical (unpaired) electrons. The van der Waals surface area contributed by atoms with Crippen molar-refractivity contribution in [3.8, 4) is 5.75 Å². The molecule has 0 bridgehead atoms. The van der Waals surface area contributed by atoms with Crippen molar-refractivity contribution in [2.24, 2.45) is 0 Å². The molecule has 0 fully saturated rings. The zero-order valence-electron chi connectivity index (χ0n) is 16.1. The molecule has 0 saturated heterocycles. The Morgan fingerprint density at radius 1 is 0.792 bits per heavy atom. The molecule has 24 heavy (non-hydrogen) atoms. The van der Waals surface area contributed by atoms with Gasteiger partial charge in [-0.2, -0.15) is 4.65 Å². The molecule has 3 heteroatoms. The van der Waals surface area contributed by atoms with Crippen LogP contribution in [-0.2, 0) is 6.54 Å². The van der Waals surface area contributed by atoms with Crippen LogP contribution in [-0.4, -0.2) is 30.6 Å². The van der Waals surface area contributed by atoms with E-state index in [1.807, 2.05) is 24.3 Å². The molecule has 0 aliphatic carbocycles. The zero-order valence-corrected chi connectivity index (χ0v) is 16.1. The average Bonchev–Trinajstić information content (AvgIpc) is 2.53. The second-order valence-corrected chi connectivity index (χ2v) is 7.45. The van der Waals surface area contributed by atoms with Crippen molar-refractivity contribution in [3.63, 3.8) is 0 Å². The van der Waals surface area contributed by atoms with Gasteiger partial charge in [0.05, 0.1) is 20.7 Å². The second-order valence-electron chi connectivity index (χ2n) is 7.45. The lowest BCUT2D eigenvalue weighted by Crippen LogP contribution is -2.34. The van der Waals surface area contributed by atoms with Gasteiger partial charge in [0.15, 0.2) is 0 Å². The lowest BCUT2D eigenvalue weighted by atomic mass is 10.1. The van der Waals surface area contributed by atoms with Gasteiger partial charge in [-0.25, -0.2) is 5.21 Å². The lowest BCUT2D eigenvalue weighted by Gasteiger charge is -2.19. The van der Waals surface area contributed by atoms with Gasteiger partial charge in [0, 0.05) is 5.56 Å². The highest BCUT2D eigenvalue weighted by Crippen LogP contribution is 2.15. The van der Waals surface area contributed by atoms with Gasteiger partial charge in [0.2, 0.25) is 0 Å². The Kier molecular flexibility index (Phi) is 10.8. The maximum Gasteiger partial charge on any atom is 0.134 e. The van der Waals surface area contributed by atoms with Crippen LogP contribution >= 0.6 is 0 Å². The first-order valence-corrected chi connectivity index (χ1v) is 9.79. The molecule has 0 aromatic heterocycles. The molecule has 0 amide bonds. The number of rotatable bonds is 14. The Labute approximate surface area is 149 Å². The summed E-state index contributed by atoms with van der Waals surface area (Å²) in [6.07, 6.45) is 13.5. The van der Waals surface area contributed by atoms with Crippen molar-refractivity contribution in [2.75, 3.05) is 20.7 Å². The van der Waals surface area contributed by atoms with Crippen molar-refractivity contribution in [1.29, 1.82) is 0 Å². The maximum absolute atomic E-state index is 9.76. The summed E-state index contributed by atoms with van der Waals surface area (Å²) in [5, 5.41) is 9.76. The molecule has 0 unspecified atom stereocenters. The Bertz CT molecular complexity index is 409. The third kappa shape index (κ3) is 11.5. The van der Waals surface area contributed by atoms with Crippen LogP contribution in [0.2, 0.25) is 0 Å². The van der Waals surface area contributed by atoms with Crippen LogP contribution in [0.15, 0.2) is 24.3 Å². The van der Waals surface area contributed by atoms with Crippen LogP contribution in [0.4, 0.5) is 0 Å². The topological polar surface area (TPSA) is 29.5 Å². The number of ether oxygens (including phenoxy) is 1. The van der Waals surface area contributed by atoms with Gasteiger partial charge < -0.3 is 4.74 Å². The molecule has 3 nitrogen and oxygen atoms in total. The Morgan fingerprint density at radius 3 is 1.79 bits per heavy atom. The van der Waals surface area contributed by atoms with Gasteiger partial charge in [-0.1, -0.05) is 64.7 Å². The highest BCUT2D eigenvalue weighted by Gasteiger charge is 2.11.